The van der Waals surface area contributed by atoms with Crippen molar-refractivity contribution in [1.82, 2.24) is 0 Å². The van der Waals surface area contributed by atoms with E-state index >= 15 is 0 Å². The van der Waals surface area contributed by atoms with E-state index in [1.807, 2.05) is 0 Å². The fraction of sp³-hybridized carbons (Fsp3) is 0.400. The van der Waals surface area contributed by atoms with Gasteiger partial charge in [-0.05, 0) is 32.4 Å². The van der Waals surface area contributed by atoms with Crippen molar-refractivity contribution in [1.29, 1.82) is 0 Å². The fourth-order valence-electron chi connectivity index (χ4n) is 2.00. The number of aliphatic hydroxyl groups is 1. The SMILES string of the molecule is C=CCC1=CC2(C=CC(C)(C)O)OCOC2=CC1=O. The molecular weight excluding hydrogens is 244 g/mol. The Balaban J connectivity index is 2.39. The number of fused-ring (bicyclic) bond motifs is 1. The van der Waals surface area contributed by atoms with Crippen molar-refractivity contribution in [2.24, 2.45) is 0 Å². The average molecular weight is 262 g/mol. The molecule has 0 radical (unpaired) electrons. The Morgan fingerprint density at radius 1 is 1.58 bits per heavy atom. The summed E-state index contributed by atoms with van der Waals surface area (Å²) in [6.45, 7) is 7.07. The highest BCUT2D eigenvalue weighted by Crippen LogP contribution is 2.37. The van der Waals surface area contributed by atoms with E-state index in [0.29, 0.717) is 17.8 Å². The van der Waals surface area contributed by atoms with E-state index < -0.39 is 11.2 Å². The lowest BCUT2D eigenvalue weighted by molar-refractivity contribution is -0.111. The molecule has 0 amide bonds. The summed E-state index contributed by atoms with van der Waals surface area (Å²) >= 11 is 0. The summed E-state index contributed by atoms with van der Waals surface area (Å²) in [5, 5.41) is 9.78. The monoisotopic (exact) mass is 262 g/mol. The Labute approximate surface area is 112 Å². The minimum absolute atomic E-state index is 0.0901. The van der Waals surface area contributed by atoms with Crippen molar-refractivity contribution in [2.45, 2.75) is 31.5 Å². The average Bonchev–Trinajstić information content (AvgIpc) is 2.70. The van der Waals surface area contributed by atoms with Gasteiger partial charge < -0.3 is 14.6 Å². The van der Waals surface area contributed by atoms with Crippen LogP contribution in [0.15, 0.2) is 48.3 Å². The molecule has 1 unspecified atom stereocenters. The summed E-state index contributed by atoms with van der Waals surface area (Å²) in [5.74, 6) is 0.374. The van der Waals surface area contributed by atoms with E-state index in [2.05, 4.69) is 6.58 Å². The maximum atomic E-state index is 11.9. The number of carbonyl (C=O) groups excluding carboxylic acids is 1. The van der Waals surface area contributed by atoms with Crippen LogP contribution in [0.2, 0.25) is 0 Å². The smallest absolute Gasteiger partial charge is 0.190 e. The Kier molecular flexibility index (Phi) is 3.47. The van der Waals surface area contributed by atoms with E-state index in [9.17, 15) is 9.90 Å². The van der Waals surface area contributed by atoms with Crippen molar-refractivity contribution in [3.63, 3.8) is 0 Å². The summed E-state index contributed by atoms with van der Waals surface area (Å²) < 4.78 is 11.0. The Bertz CT molecular complexity index is 491. The van der Waals surface area contributed by atoms with Gasteiger partial charge in [0.1, 0.15) is 5.76 Å². The lowest BCUT2D eigenvalue weighted by atomic mass is 9.87. The first-order valence-electron chi connectivity index (χ1n) is 6.15. The molecule has 0 saturated carbocycles. The van der Waals surface area contributed by atoms with Crippen molar-refractivity contribution in [3.05, 3.63) is 48.3 Å². The Morgan fingerprint density at radius 2 is 2.32 bits per heavy atom. The molecule has 1 heterocycles. The van der Waals surface area contributed by atoms with Gasteiger partial charge in [0, 0.05) is 11.6 Å². The number of ketones is 1. The molecule has 1 atom stereocenters. The maximum Gasteiger partial charge on any atom is 0.190 e. The molecule has 0 aromatic heterocycles. The zero-order chi connectivity index (χ0) is 14.1. The number of rotatable bonds is 4. The summed E-state index contributed by atoms with van der Waals surface area (Å²) in [6.07, 6.45) is 8.69. The third kappa shape index (κ3) is 2.85. The zero-order valence-corrected chi connectivity index (χ0v) is 11.2. The summed E-state index contributed by atoms with van der Waals surface area (Å²) in [7, 11) is 0. The van der Waals surface area contributed by atoms with Gasteiger partial charge in [-0.2, -0.15) is 0 Å². The van der Waals surface area contributed by atoms with Crippen molar-refractivity contribution < 1.29 is 19.4 Å². The normalized spacial score (nSPS) is 26.8. The van der Waals surface area contributed by atoms with Crippen molar-refractivity contribution >= 4 is 5.78 Å². The standard InChI is InChI=1S/C15H18O4/c1-4-5-11-9-15(7-6-14(2,3)17)13(8-12(11)16)18-10-19-15/h4,6-9,17H,1,5,10H2,2-3H3. The highest BCUT2D eigenvalue weighted by atomic mass is 16.7. The lowest BCUT2D eigenvalue weighted by Crippen LogP contribution is -2.31. The van der Waals surface area contributed by atoms with Gasteiger partial charge in [0.25, 0.3) is 0 Å². The molecule has 1 N–H and O–H groups in total. The van der Waals surface area contributed by atoms with Gasteiger partial charge in [-0.15, -0.1) is 6.58 Å². The predicted molar refractivity (Wildman–Crippen MR) is 71.2 cm³/mol. The highest BCUT2D eigenvalue weighted by molar-refractivity contribution is 6.06. The quantitative estimate of drug-likeness (QED) is 0.788. The maximum absolute atomic E-state index is 11.9. The molecule has 0 bridgehead atoms. The van der Waals surface area contributed by atoms with Gasteiger partial charge in [0.2, 0.25) is 0 Å². The third-order valence-electron chi connectivity index (χ3n) is 2.97. The van der Waals surface area contributed by atoms with Gasteiger partial charge in [-0.3, -0.25) is 4.79 Å². The molecule has 0 spiro atoms. The molecule has 2 aliphatic rings. The van der Waals surface area contributed by atoms with Crippen LogP contribution in [0.4, 0.5) is 0 Å². The molecule has 1 aliphatic heterocycles. The molecule has 1 aliphatic carbocycles. The van der Waals surface area contributed by atoms with Crippen molar-refractivity contribution in [3.8, 4) is 0 Å². The van der Waals surface area contributed by atoms with Crippen LogP contribution in [0.5, 0.6) is 0 Å². The van der Waals surface area contributed by atoms with Gasteiger partial charge in [-0.1, -0.05) is 12.2 Å². The van der Waals surface area contributed by atoms with Crippen LogP contribution in [-0.2, 0) is 14.3 Å². The van der Waals surface area contributed by atoms with Crippen LogP contribution in [-0.4, -0.2) is 28.9 Å². The molecular formula is C15H18O4. The fourth-order valence-corrected chi connectivity index (χ4v) is 2.00. The second kappa shape index (κ2) is 4.79. The van der Waals surface area contributed by atoms with E-state index in [-0.39, 0.29) is 12.6 Å². The van der Waals surface area contributed by atoms with Gasteiger partial charge in [-0.25, -0.2) is 0 Å². The first kappa shape index (κ1) is 13.8. The topological polar surface area (TPSA) is 55.8 Å². The Morgan fingerprint density at radius 3 is 2.95 bits per heavy atom. The summed E-state index contributed by atoms with van der Waals surface area (Å²) in [5.41, 5.74) is -1.23. The number of carbonyl (C=O) groups is 1. The van der Waals surface area contributed by atoms with Crippen LogP contribution in [0.1, 0.15) is 20.3 Å². The molecule has 1 saturated heterocycles. The van der Waals surface area contributed by atoms with Crippen LogP contribution >= 0.6 is 0 Å². The molecule has 4 heteroatoms. The Hall–Kier alpha value is -1.65. The molecule has 1 fully saturated rings. The third-order valence-corrected chi connectivity index (χ3v) is 2.97. The van der Waals surface area contributed by atoms with Gasteiger partial charge >= 0.3 is 0 Å². The molecule has 4 nitrogen and oxygen atoms in total. The number of allylic oxidation sites excluding steroid dienone is 3. The molecule has 102 valence electrons. The van der Waals surface area contributed by atoms with Crippen molar-refractivity contribution in [2.75, 3.05) is 6.79 Å². The van der Waals surface area contributed by atoms with Gasteiger partial charge in [0.15, 0.2) is 18.2 Å². The lowest BCUT2D eigenvalue weighted by Gasteiger charge is -2.25. The predicted octanol–water partition coefficient (Wildman–Crippen LogP) is 2.03. The number of hydrogen-bond acceptors (Lipinski definition) is 4. The summed E-state index contributed by atoms with van der Waals surface area (Å²) in [4.78, 5) is 11.9. The zero-order valence-electron chi connectivity index (χ0n) is 11.2. The summed E-state index contributed by atoms with van der Waals surface area (Å²) in [6, 6.07) is 0. The second-order valence-corrected chi connectivity index (χ2v) is 5.22. The van der Waals surface area contributed by atoms with E-state index in [1.54, 1.807) is 38.2 Å². The van der Waals surface area contributed by atoms with Crippen LogP contribution in [0.25, 0.3) is 0 Å². The molecule has 2 rings (SSSR count). The first-order valence-corrected chi connectivity index (χ1v) is 6.15. The minimum atomic E-state index is -0.959. The first-order chi connectivity index (χ1) is 8.86. The minimum Gasteiger partial charge on any atom is -0.468 e. The molecule has 0 aromatic rings. The van der Waals surface area contributed by atoms with E-state index in [1.165, 1.54) is 6.08 Å². The van der Waals surface area contributed by atoms with Gasteiger partial charge in [0.05, 0.1) is 5.60 Å². The number of hydrogen-bond donors (Lipinski definition) is 1. The van der Waals surface area contributed by atoms with E-state index in [0.717, 1.165) is 0 Å². The molecule has 19 heavy (non-hydrogen) atoms. The van der Waals surface area contributed by atoms with Crippen LogP contribution in [0, 0.1) is 0 Å². The number of ether oxygens (including phenoxy) is 2. The van der Waals surface area contributed by atoms with E-state index in [4.69, 9.17) is 9.47 Å². The van der Waals surface area contributed by atoms with Crippen LogP contribution < -0.4 is 0 Å². The highest BCUT2D eigenvalue weighted by Gasteiger charge is 2.42. The van der Waals surface area contributed by atoms with Crippen LogP contribution in [0.3, 0.4) is 0 Å². The largest absolute Gasteiger partial charge is 0.468 e. The second-order valence-electron chi connectivity index (χ2n) is 5.22. The molecule has 0 aromatic carbocycles.